The van der Waals surface area contributed by atoms with Gasteiger partial charge in [0.1, 0.15) is 5.69 Å². The molecular weight excluding hydrogens is 671 g/mol. The summed E-state index contributed by atoms with van der Waals surface area (Å²) in [6, 6.07) is 69.2. The van der Waals surface area contributed by atoms with Crippen molar-refractivity contribution in [3.05, 3.63) is 200 Å². The van der Waals surface area contributed by atoms with Gasteiger partial charge in [-0.15, -0.1) is 0 Å². The molecule has 8 aromatic carbocycles. The Morgan fingerprint density at radius 1 is 0.345 bits per heavy atom. The Balaban J connectivity index is 1.12. The third kappa shape index (κ3) is 6.04. The molecule has 0 atom stereocenters. The van der Waals surface area contributed by atoms with Gasteiger partial charge in [-0.1, -0.05) is 170 Å². The first-order chi connectivity index (χ1) is 27.3. The van der Waals surface area contributed by atoms with Crippen molar-refractivity contribution in [1.29, 1.82) is 0 Å². The molecule has 5 nitrogen and oxygen atoms in total. The van der Waals surface area contributed by atoms with Crippen molar-refractivity contribution >= 4 is 21.7 Å². The molecule has 0 aliphatic rings. The maximum atomic E-state index is 5.38. The van der Waals surface area contributed by atoms with E-state index in [0.717, 1.165) is 72.0 Å². The summed E-state index contributed by atoms with van der Waals surface area (Å²) >= 11 is 0. The molecule has 0 saturated heterocycles. The predicted octanol–water partition coefficient (Wildman–Crippen LogP) is 12.4. The van der Waals surface area contributed by atoms with Crippen molar-refractivity contribution in [3.63, 3.8) is 0 Å². The fourth-order valence-corrected chi connectivity index (χ4v) is 7.36. The van der Waals surface area contributed by atoms with Gasteiger partial charge >= 0.3 is 0 Å². The first-order valence-corrected chi connectivity index (χ1v) is 18.4. The predicted molar refractivity (Wildman–Crippen MR) is 225 cm³/mol. The minimum atomic E-state index is 0.606. The number of fused-ring (bicyclic) bond motifs is 3. The molecule has 0 spiro atoms. The van der Waals surface area contributed by atoms with Crippen molar-refractivity contribution in [1.82, 2.24) is 24.7 Å². The molecule has 0 aliphatic heterocycles. The molecule has 5 heteroatoms. The van der Waals surface area contributed by atoms with Crippen molar-refractivity contribution in [2.45, 2.75) is 0 Å². The van der Waals surface area contributed by atoms with Gasteiger partial charge in [-0.3, -0.25) is 0 Å². The smallest absolute Gasteiger partial charge is 0.164 e. The van der Waals surface area contributed by atoms with Gasteiger partial charge < -0.3 is 0 Å². The molecule has 0 saturated carbocycles. The zero-order valence-electron chi connectivity index (χ0n) is 29.8. The summed E-state index contributed by atoms with van der Waals surface area (Å²) in [6.07, 6.45) is 0. The standard InChI is InChI=1S/C50H33N5/c1-5-15-34(16-6-1)35-25-27-39(28-26-35)49-51-48(38-21-11-4-12-22-38)52-50(53-49)40-29-31-42(32-30-40)55-47-43-24-14-13-23-41(43)33-44(36-17-7-2-8-18-36)45(47)46(54-55)37-19-9-3-10-20-37/h1-33H. The fourth-order valence-electron chi connectivity index (χ4n) is 7.36. The van der Waals surface area contributed by atoms with E-state index < -0.39 is 0 Å². The van der Waals surface area contributed by atoms with Crippen LogP contribution in [0.3, 0.4) is 0 Å². The monoisotopic (exact) mass is 703 g/mol. The Labute approximate surface area is 318 Å². The molecule has 10 aromatic rings. The summed E-state index contributed by atoms with van der Waals surface area (Å²) in [4.78, 5) is 15.0. The minimum Gasteiger partial charge on any atom is -0.232 e. The second kappa shape index (κ2) is 13.8. The van der Waals surface area contributed by atoms with Crippen molar-refractivity contribution in [3.8, 4) is 73.4 Å². The van der Waals surface area contributed by atoms with Gasteiger partial charge in [-0.2, -0.15) is 5.10 Å². The van der Waals surface area contributed by atoms with Crippen molar-refractivity contribution < 1.29 is 0 Å². The zero-order chi connectivity index (χ0) is 36.6. The molecule has 258 valence electrons. The van der Waals surface area contributed by atoms with Crippen LogP contribution in [0.25, 0.3) is 95.0 Å². The van der Waals surface area contributed by atoms with Gasteiger partial charge in [0.15, 0.2) is 17.5 Å². The second-order valence-corrected chi connectivity index (χ2v) is 13.5. The highest BCUT2D eigenvalue weighted by atomic mass is 15.3. The zero-order valence-corrected chi connectivity index (χ0v) is 29.8. The molecule has 2 aromatic heterocycles. The van der Waals surface area contributed by atoms with E-state index in [1.807, 2.05) is 42.5 Å². The number of nitrogens with zero attached hydrogens (tertiary/aromatic N) is 5. The minimum absolute atomic E-state index is 0.606. The van der Waals surface area contributed by atoms with E-state index in [2.05, 4.69) is 162 Å². The molecule has 0 N–H and O–H groups in total. The van der Waals surface area contributed by atoms with E-state index in [1.54, 1.807) is 0 Å². The molecule has 55 heavy (non-hydrogen) atoms. The normalized spacial score (nSPS) is 11.3. The molecule has 0 radical (unpaired) electrons. The van der Waals surface area contributed by atoms with Gasteiger partial charge in [0.2, 0.25) is 0 Å². The van der Waals surface area contributed by atoms with Crippen LogP contribution in [-0.2, 0) is 0 Å². The van der Waals surface area contributed by atoms with E-state index in [9.17, 15) is 0 Å². The molecule has 0 unspecified atom stereocenters. The summed E-state index contributed by atoms with van der Waals surface area (Å²) in [5.74, 6) is 1.86. The van der Waals surface area contributed by atoms with Gasteiger partial charge in [0, 0.05) is 33.0 Å². The Bertz CT molecular complexity index is 2920. The molecule has 0 bridgehead atoms. The van der Waals surface area contributed by atoms with Gasteiger partial charge in [0.05, 0.1) is 11.2 Å². The van der Waals surface area contributed by atoms with E-state index in [4.69, 9.17) is 20.1 Å². The highest BCUT2D eigenvalue weighted by Gasteiger charge is 2.21. The first kappa shape index (κ1) is 32.2. The molecule has 10 rings (SSSR count). The maximum absolute atomic E-state index is 5.38. The lowest BCUT2D eigenvalue weighted by Gasteiger charge is -2.12. The number of aromatic nitrogens is 5. The average Bonchev–Trinajstić information content (AvgIpc) is 3.68. The Hall–Kier alpha value is -7.50. The lowest BCUT2D eigenvalue weighted by Crippen LogP contribution is -2.01. The Morgan fingerprint density at radius 3 is 1.35 bits per heavy atom. The number of hydrogen-bond donors (Lipinski definition) is 0. The summed E-state index contributed by atoms with van der Waals surface area (Å²) in [5.41, 5.74) is 11.4. The third-order valence-electron chi connectivity index (χ3n) is 10.1. The van der Waals surface area contributed by atoms with Crippen LogP contribution in [-0.4, -0.2) is 24.7 Å². The fraction of sp³-hybridized carbons (Fsp3) is 0. The summed E-state index contributed by atoms with van der Waals surface area (Å²) in [6.45, 7) is 0. The lowest BCUT2D eigenvalue weighted by molar-refractivity contribution is 0.917. The highest BCUT2D eigenvalue weighted by Crippen LogP contribution is 2.41. The number of benzene rings is 8. The van der Waals surface area contributed by atoms with Crippen LogP contribution >= 0.6 is 0 Å². The molecule has 0 fully saturated rings. The molecule has 0 aliphatic carbocycles. The number of hydrogen-bond acceptors (Lipinski definition) is 4. The highest BCUT2D eigenvalue weighted by molar-refractivity contribution is 6.17. The molecular formula is C50H33N5. The number of rotatable bonds is 7. The van der Waals surface area contributed by atoms with Gasteiger partial charge in [0.25, 0.3) is 0 Å². The van der Waals surface area contributed by atoms with Crippen LogP contribution in [0.4, 0.5) is 0 Å². The van der Waals surface area contributed by atoms with E-state index in [1.165, 1.54) is 5.56 Å². The Kier molecular flexibility index (Phi) is 8.08. The molecule has 0 amide bonds. The Morgan fingerprint density at radius 2 is 0.764 bits per heavy atom. The first-order valence-electron chi connectivity index (χ1n) is 18.4. The quantitative estimate of drug-likeness (QED) is 0.166. The largest absolute Gasteiger partial charge is 0.232 e. The summed E-state index contributed by atoms with van der Waals surface area (Å²) in [5, 5.41) is 8.80. The summed E-state index contributed by atoms with van der Waals surface area (Å²) < 4.78 is 2.10. The SMILES string of the molecule is c1ccc(-c2ccc(-c3nc(-c4ccccc4)nc(-c4ccc(-n5nc(-c6ccccc6)c6c(-c7ccccc7)cc7ccccc7c65)cc4)n3)cc2)cc1. The second-order valence-electron chi connectivity index (χ2n) is 13.5. The average molecular weight is 704 g/mol. The maximum Gasteiger partial charge on any atom is 0.164 e. The summed E-state index contributed by atoms with van der Waals surface area (Å²) in [7, 11) is 0. The van der Waals surface area contributed by atoms with Gasteiger partial charge in [-0.05, 0) is 58.0 Å². The van der Waals surface area contributed by atoms with Crippen LogP contribution < -0.4 is 0 Å². The van der Waals surface area contributed by atoms with E-state index in [0.29, 0.717) is 17.5 Å². The topological polar surface area (TPSA) is 56.5 Å². The van der Waals surface area contributed by atoms with Crippen LogP contribution in [0.5, 0.6) is 0 Å². The van der Waals surface area contributed by atoms with Gasteiger partial charge in [-0.25, -0.2) is 19.6 Å². The van der Waals surface area contributed by atoms with Crippen molar-refractivity contribution in [2.24, 2.45) is 0 Å². The van der Waals surface area contributed by atoms with Crippen LogP contribution in [0.1, 0.15) is 0 Å². The van der Waals surface area contributed by atoms with Crippen LogP contribution in [0.2, 0.25) is 0 Å². The van der Waals surface area contributed by atoms with E-state index in [-0.39, 0.29) is 0 Å². The van der Waals surface area contributed by atoms with Crippen LogP contribution in [0, 0.1) is 0 Å². The lowest BCUT2D eigenvalue weighted by atomic mass is 9.94. The van der Waals surface area contributed by atoms with Crippen LogP contribution in [0.15, 0.2) is 200 Å². The van der Waals surface area contributed by atoms with Crippen molar-refractivity contribution in [2.75, 3.05) is 0 Å². The van der Waals surface area contributed by atoms with E-state index >= 15 is 0 Å². The third-order valence-corrected chi connectivity index (χ3v) is 10.1. The molecule has 2 heterocycles.